The zero-order chi connectivity index (χ0) is 23.6. The molecule has 2 atom stereocenters. The maximum Gasteiger partial charge on any atom is 0.304 e. The summed E-state index contributed by atoms with van der Waals surface area (Å²) in [6, 6.07) is 10.4. The highest BCUT2D eigenvalue weighted by Crippen LogP contribution is 2.35. The Kier molecular flexibility index (Phi) is 9.62. The van der Waals surface area contributed by atoms with Crippen molar-refractivity contribution in [3.8, 4) is 0 Å². The Morgan fingerprint density at radius 1 is 1.21 bits per heavy atom. The molecule has 2 aromatic rings. The molecule has 1 aliphatic rings. The SMILES string of the molecule is CC[C@H](c1ccc([C@@H](COC)CC(=O)O)cc1Nc1ccc(COC)nc1)N1CCOCC1. The summed E-state index contributed by atoms with van der Waals surface area (Å²) in [6.07, 6.45) is 2.76. The number of carboxylic acid groups (broad SMARTS) is 1. The molecule has 0 radical (unpaired) electrons. The lowest BCUT2D eigenvalue weighted by molar-refractivity contribution is -0.137. The average Bonchev–Trinajstić information content (AvgIpc) is 2.82. The number of carboxylic acids is 1. The van der Waals surface area contributed by atoms with E-state index in [4.69, 9.17) is 14.2 Å². The molecule has 8 heteroatoms. The van der Waals surface area contributed by atoms with Crippen LogP contribution in [0.5, 0.6) is 0 Å². The fourth-order valence-corrected chi connectivity index (χ4v) is 4.36. The molecule has 0 bridgehead atoms. The molecule has 0 spiro atoms. The number of pyridine rings is 1. The van der Waals surface area contributed by atoms with Gasteiger partial charge < -0.3 is 24.6 Å². The monoisotopic (exact) mass is 457 g/mol. The molecule has 3 rings (SSSR count). The van der Waals surface area contributed by atoms with Gasteiger partial charge in [0.2, 0.25) is 0 Å². The van der Waals surface area contributed by atoms with Gasteiger partial charge in [-0.15, -0.1) is 0 Å². The number of carbonyl (C=O) groups is 1. The second-order valence-corrected chi connectivity index (χ2v) is 8.27. The standard InChI is InChI=1S/C25H35N3O5/c1-4-24(28-9-11-33-12-10-28)22-8-5-18(19(16-31-2)14-25(29)30)13-23(22)27-20-6-7-21(17-32-3)26-15-20/h5-8,13,15,19,24,27H,4,9-12,14,16-17H2,1-3H3,(H,29,30)/t19-,24-/m1/s1. The second kappa shape index (κ2) is 12.6. The second-order valence-electron chi connectivity index (χ2n) is 8.27. The number of anilines is 2. The van der Waals surface area contributed by atoms with Gasteiger partial charge in [0, 0.05) is 45.0 Å². The average molecular weight is 458 g/mol. The van der Waals surface area contributed by atoms with Crippen LogP contribution in [0.1, 0.15) is 48.5 Å². The van der Waals surface area contributed by atoms with Crippen molar-refractivity contribution in [1.29, 1.82) is 0 Å². The summed E-state index contributed by atoms with van der Waals surface area (Å²) in [5, 5.41) is 12.9. The number of aliphatic carboxylic acids is 1. The van der Waals surface area contributed by atoms with Crippen molar-refractivity contribution in [1.82, 2.24) is 9.88 Å². The molecule has 1 aliphatic heterocycles. The van der Waals surface area contributed by atoms with Crippen LogP contribution in [0.4, 0.5) is 11.4 Å². The molecule has 180 valence electrons. The van der Waals surface area contributed by atoms with Crippen molar-refractivity contribution in [3.05, 3.63) is 53.3 Å². The fourth-order valence-electron chi connectivity index (χ4n) is 4.36. The number of hydrogen-bond acceptors (Lipinski definition) is 7. The van der Waals surface area contributed by atoms with E-state index in [1.807, 2.05) is 18.2 Å². The number of morpholine rings is 1. The third kappa shape index (κ3) is 6.98. The van der Waals surface area contributed by atoms with E-state index in [9.17, 15) is 9.90 Å². The number of methoxy groups -OCH3 is 2. The van der Waals surface area contributed by atoms with Crippen molar-refractivity contribution in [2.45, 2.75) is 38.3 Å². The molecule has 8 nitrogen and oxygen atoms in total. The van der Waals surface area contributed by atoms with Crippen LogP contribution in [0.2, 0.25) is 0 Å². The van der Waals surface area contributed by atoms with Crippen LogP contribution < -0.4 is 5.32 Å². The number of ether oxygens (including phenoxy) is 3. The number of nitrogens with one attached hydrogen (secondary N) is 1. The molecule has 2 N–H and O–H groups in total. The largest absolute Gasteiger partial charge is 0.481 e. The van der Waals surface area contributed by atoms with Gasteiger partial charge in [-0.3, -0.25) is 14.7 Å². The van der Waals surface area contributed by atoms with Crippen molar-refractivity contribution >= 4 is 17.3 Å². The summed E-state index contributed by atoms with van der Waals surface area (Å²) in [5.74, 6) is -1.07. The van der Waals surface area contributed by atoms with E-state index >= 15 is 0 Å². The highest BCUT2D eigenvalue weighted by atomic mass is 16.5. The third-order valence-corrected chi connectivity index (χ3v) is 5.97. The highest BCUT2D eigenvalue weighted by Gasteiger charge is 2.25. The third-order valence-electron chi connectivity index (χ3n) is 5.97. The van der Waals surface area contributed by atoms with Gasteiger partial charge in [-0.25, -0.2) is 0 Å². The first kappa shape index (κ1) is 25.1. The Balaban J connectivity index is 1.97. The van der Waals surface area contributed by atoms with Gasteiger partial charge in [0.25, 0.3) is 0 Å². The minimum atomic E-state index is -0.840. The molecule has 1 saturated heterocycles. The summed E-state index contributed by atoms with van der Waals surface area (Å²) in [7, 11) is 3.25. The topological polar surface area (TPSA) is 93.2 Å². The Morgan fingerprint density at radius 2 is 2.00 bits per heavy atom. The molecule has 0 amide bonds. The lowest BCUT2D eigenvalue weighted by atomic mass is 9.91. The van der Waals surface area contributed by atoms with E-state index in [-0.39, 0.29) is 18.4 Å². The predicted molar refractivity (Wildman–Crippen MR) is 127 cm³/mol. The molecule has 1 aromatic carbocycles. The van der Waals surface area contributed by atoms with Crippen LogP contribution in [0.25, 0.3) is 0 Å². The lowest BCUT2D eigenvalue weighted by Crippen LogP contribution is -2.39. The van der Waals surface area contributed by atoms with Crippen molar-refractivity contribution in [3.63, 3.8) is 0 Å². The summed E-state index contributed by atoms with van der Waals surface area (Å²) in [5.41, 5.74) is 4.80. The molecule has 0 aliphatic carbocycles. The number of aromatic nitrogens is 1. The van der Waals surface area contributed by atoms with Crippen LogP contribution in [0.15, 0.2) is 36.5 Å². The normalized spacial score (nSPS) is 16.3. The quantitative estimate of drug-likeness (QED) is 0.495. The molecule has 0 unspecified atom stereocenters. The van der Waals surface area contributed by atoms with Crippen LogP contribution in [-0.2, 0) is 25.6 Å². The maximum absolute atomic E-state index is 11.4. The Labute approximate surface area is 195 Å². The van der Waals surface area contributed by atoms with E-state index in [2.05, 4.69) is 34.3 Å². The summed E-state index contributed by atoms with van der Waals surface area (Å²) in [6.45, 7) is 6.24. The van der Waals surface area contributed by atoms with E-state index < -0.39 is 5.97 Å². The number of benzene rings is 1. The summed E-state index contributed by atoms with van der Waals surface area (Å²) < 4.78 is 16.0. The van der Waals surface area contributed by atoms with E-state index in [0.29, 0.717) is 13.2 Å². The van der Waals surface area contributed by atoms with Crippen LogP contribution in [0, 0.1) is 0 Å². The molecule has 0 saturated carbocycles. The zero-order valence-corrected chi connectivity index (χ0v) is 19.8. The Hall–Kier alpha value is -2.52. The first-order valence-electron chi connectivity index (χ1n) is 11.4. The smallest absolute Gasteiger partial charge is 0.304 e. The number of nitrogens with zero attached hydrogens (tertiary/aromatic N) is 2. The van der Waals surface area contributed by atoms with Crippen LogP contribution in [0.3, 0.4) is 0 Å². The molecular formula is C25H35N3O5. The van der Waals surface area contributed by atoms with Crippen LogP contribution in [-0.4, -0.2) is 68.1 Å². The minimum absolute atomic E-state index is 0.0145. The summed E-state index contributed by atoms with van der Waals surface area (Å²) in [4.78, 5) is 18.4. The van der Waals surface area contributed by atoms with Gasteiger partial charge in [0.15, 0.2) is 0 Å². The van der Waals surface area contributed by atoms with Gasteiger partial charge in [-0.1, -0.05) is 19.1 Å². The van der Waals surface area contributed by atoms with E-state index in [0.717, 1.165) is 55.4 Å². The first-order valence-corrected chi connectivity index (χ1v) is 11.4. The van der Waals surface area contributed by atoms with Crippen molar-refractivity contribution < 1.29 is 24.1 Å². The lowest BCUT2D eigenvalue weighted by Gasteiger charge is -2.35. The molecule has 2 heterocycles. The Morgan fingerprint density at radius 3 is 2.61 bits per heavy atom. The molecule has 1 fully saturated rings. The minimum Gasteiger partial charge on any atom is -0.481 e. The Bertz CT molecular complexity index is 884. The number of rotatable bonds is 12. The molecular weight excluding hydrogens is 422 g/mol. The molecule has 1 aromatic heterocycles. The van der Waals surface area contributed by atoms with Crippen LogP contribution >= 0.6 is 0 Å². The van der Waals surface area contributed by atoms with Gasteiger partial charge >= 0.3 is 5.97 Å². The van der Waals surface area contributed by atoms with Crippen molar-refractivity contribution in [2.24, 2.45) is 0 Å². The van der Waals surface area contributed by atoms with Gasteiger partial charge in [0.1, 0.15) is 0 Å². The van der Waals surface area contributed by atoms with E-state index in [1.54, 1.807) is 20.4 Å². The summed E-state index contributed by atoms with van der Waals surface area (Å²) >= 11 is 0. The fraction of sp³-hybridized carbons (Fsp3) is 0.520. The first-order chi connectivity index (χ1) is 16.0. The van der Waals surface area contributed by atoms with Gasteiger partial charge in [-0.05, 0) is 35.7 Å². The predicted octanol–water partition coefficient (Wildman–Crippen LogP) is 3.96. The van der Waals surface area contributed by atoms with Gasteiger partial charge in [0.05, 0.1) is 50.4 Å². The number of hydrogen-bond donors (Lipinski definition) is 2. The van der Waals surface area contributed by atoms with Crippen molar-refractivity contribution in [2.75, 3.05) is 52.4 Å². The highest BCUT2D eigenvalue weighted by molar-refractivity contribution is 5.69. The van der Waals surface area contributed by atoms with E-state index in [1.165, 1.54) is 5.56 Å². The molecule has 33 heavy (non-hydrogen) atoms. The van der Waals surface area contributed by atoms with Gasteiger partial charge in [-0.2, -0.15) is 0 Å². The maximum atomic E-state index is 11.4. The zero-order valence-electron chi connectivity index (χ0n) is 19.8.